The molecule has 0 saturated carbocycles. The summed E-state index contributed by atoms with van der Waals surface area (Å²) in [7, 11) is 1.52. The van der Waals surface area contributed by atoms with Gasteiger partial charge in [-0.25, -0.2) is 9.37 Å². The third kappa shape index (κ3) is 4.43. The molecule has 4 rings (SSSR count). The van der Waals surface area contributed by atoms with Crippen molar-refractivity contribution in [2.24, 2.45) is 0 Å². The van der Waals surface area contributed by atoms with Crippen LogP contribution in [0.1, 0.15) is 18.4 Å². The Balaban J connectivity index is 1.49. The third-order valence-corrected chi connectivity index (χ3v) is 6.22. The van der Waals surface area contributed by atoms with E-state index in [2.05, 4.69) is 10.3 Å². The Morgan fingerprint density at radius 1 is 1.39 bits per heavy atom. The SMILES string of the molecule is CO[C@H]1CN(c2ncc(Cl)cc2Cl)CC[C@@]1(O)COc1ccc(F)c2c1CCC(=O)N2. The van der Waals surface area contributed by atoms with Crippen molar-refractivity contribution in [3.63, 3.8) is 0 Å². The largest absolute Gasteiger partial charge is 0.490 e. The summed E-state index contributed by atoms with van der Waals surface area (Å²) >= 11 is 12.2. The van der Waals surface area contributed by atoms with Gasteiger partial charge in [-0.05, 0) is 31.0 Å². The maximum atomic E-state index is 14.1. The van der Waals surface area contributed by atoms with E-state index in [1.807, 2.05) is 4.90 Å². The molecular formula is C21H22Cl2FN3O4. The molecule has 3 heterocycles. The molecule has 0 aliphatic carbocycles. The van der Waals surface area contributed by atoms with Gasteiger partial charge in [0.25, 0.3) is 0 Å². The summed E-state index contributed by atoms with van der Waals surface area (Å²) in [5, 5.41) is 14.7. The quantitative estimate of drug-likeness (QED) is 0.697. The summed E-state index contributed by atoms with van der Waals surface area (Å²) < 4.78 is 25.6. The number of nitrogens with zero attached hydrogens (tertiary/aromatic N) is 2. The molecule has 0 radical (unpaired) electrons. The highest BCUT2D eigenvalue weighted by Gasteiger charge is 2.43. The highest BCUT2D eigenvalue weighted by Crippen LogP contribution is 2.36. The summed E-state index contributed by atoms with van der Waals surface area (Å²) in [6, 6.07) is 4.38. The second-order valence-electron chi connectivity index (χ2n) is 7.72. The molecule has 1 fully saturated rings. The molecule has 1 aromatic heterocycles. The lowest BCUT2D eigenvalue weighted by Gasteiger charge is -2.44. The number of carbonyl (C=O) groups is 1. The van der Waals surface area contributed by atoms with Crippen LogP contribution in [-0.2, 0) is 16.0 Å². The molecule has 1 amide bonds. The minimum atomic E-state index is -1.27. The highest BCUT2D eigenvalue weighted by atomic mass is 35.5. The molecule has 166 valence electrons. The van der Waals surface area contributed by atoms with E-state index in [4.69, 9.17) is 32.7 Å². The monoisotopic (exact) mass is 469 g/mol. The molecule has 10 heteroatoms. The fourth-order valence-electron chi connectivity index (χ4n) is 4.00. The number of hydrogen-bond acceptors (Lipinski definition) is 6. The molecular weight excluding hydrogens is 448 g/mol. The highest BCUT2D eigenvalue weighted by molar-refractivity contribution is 6.36. The van der Waals surface area contributed by atoms with Gasteiger partial charge in [0.15, 0.2) is 0 Å². The first kappa shape index (κ1) is 22.1. The van der Waals surface area contributed by atoms with Gasteiger partial charge in [0.2, 0.25) is 5.91 Å². The summed E-state index contributed by atoms with van der Waals surface area (Å²) in [5.41, 5.74) is -0.544. The van der Waals surface area contributed by atoms with Crippen LogP contribution in [-0.4, -0.2) is 54.5 Å². The van der Waals surface area contributed by atoms with Gasteiger partial charge in [-0.1, -0.05) is 23.2 Å². The van der Waals surface area contributed by atoms with E-state index < -0.39 is 17.5 Å². The maximum Gasteiger partial charge on any atom is 0.224 e. The third-order valence-electron chi connectivity index (χ3n) is 5.74. The number of nitrogens with one attached hydrogen (secondary N) is 1. The number of methoxy groups -OCH3 is 1. The van der Waals surface area contributed by atoms with Crippen LogP contribution in [0.3, 0.4) is 0 Å². The predicted molar refractivity (Wildman–Crippen MR) is 116 cm³/mol. The van der Waals surface area contributed by atoms with E-state index >= 15 is 0 Å². The minimum absolute atomic E-state index is 0.0485. The van der Waals surface area contributed by atoms with E-state index in [0.717, 1.165) is 0 Å². The summed E-state index contributed by atoms with van der Waals surface area (Å²) in [5.74, 6) is 0.261. The lowest BCUT2D eigenvalue weighted by molar-refractivity contribution is -0.123. The van der Waals surface area contributed by atoms with Crippen LogP contribution < -0.4 is 15.0 Å². The van der Waals surface area contributed by atoms with Crippen molar-refractivity contribution < 1.29 is 23.8 Å². The number of hydrogen-bond donors (Lipinski definition) is 2. The van der Waals surface area contributed by atoms with Gasteiger partial charge in [-0.15, -0.1) is 0 Å². The van der Waals surface area contributed by atoms with Gasteiger partial charge in [-0.3, -0.25) is 4.79 Å². The van der Waals surface area contributed by atoms with E-state index in [0.29, 0.717) is 53.1 Å². The number of aliphatic hydroxyl groups is 1. The average Bonchev–Trinajstić information content (AvgIpc) is 2.74. The molecule has 0 bridgehead atoms. The number of anilines is 2. The van der Waals surface area contributed by atoms with Crippen LogP contribution in [0.25, 0.3) is 0 Å². The van der Waals surface area contributed by atoms with Crippen LogP contribution in [0, 0.1) is 5.82 Å². The van der Waals surface area contributed by atoms with Crippen LogP contribution in [0.15, 0.2) is 24.4 Å². The first-order valence-electron chi connectivity index (χ1n) is 9.86. The van der Waals surface area contributed by atoms with E-state index in [9.17, 15) is 14.3 Å². The second-order valence-corrected chi connectivity index (χ2v) is 8.56. The van der Waals surface area contributed by atoms with Gasteiger partial charge in [-0.2, -0.15) is 0 Å². The Morgan fingerprint density at radius 3 is 2.94 bits per heavy atom. The molecule has 1 aromatic carbocycles. The van der Waals surface area contributed by atoms with Crippen molar-refractivity contribution in [3.8, 4) is 5.75 Å². The Morgan fingerprint density at radius 2 is 2.19 bits per heavy atom. The van der Waals surface area contributed by atoms with Gasteiger partial charge in [0.1, 0.15) is 35.7 Å². The van der Waals surface area contributed by atoms with Gasteiger partial charge in [0, 0.05) is 38.4 Å². The van der Waals surface area contributed by atoms with Crippen molar-refractivity contribution in [2.45, 2.75) is 31.0 Å². The number of fused-ring (bicyclic) bond motifs is 1. The molecule has 2 aromatic rings. The fourth-order valence-corrected chi connectivity index (χ4v) is 4.50. The van der Waals surface area contributed by atoms with E-state index in [-0.39, 0.29) is 24.6 Å². The van der Waals surface area contributed by atoms with Gasteiger partial charge >= 0.3 is 0 Å². The van der Waals surface area contributed by atoms with Crippen LogP contribution in [0.4, 0.5) is 15.9 Å². The van der Waals surface area contributed by atoms with Gasteiger partial charge < -0.3 is 24.8 Å². The second kappa shape index (κ2) is 8.78. The number of carbonyl (C=O) groups excluding carboxylic acids is 1. The number of piperidine rings is 1. The zero-order valence-corrected chi connectivity index (χ0v) is 18.3. The topological polar surface area (TPSA) is 83.9 Å². The summed E-state index contributed by atoms with van der Waals surface area (Å²) in [6.07, 6.45) is 1.90. The molecule has 2 N–H and O–H groups in total. The number of pyridine rings is 1. The number of halogens is 3. The molecule has 0 unspecified atom stereocenters. The van der Waals surface area contributed by atoms with Gasteiger partial charge in [0.05, 0.1) is 15.7 Å². The number of ether oxygens (including phenoxy) is 2. The first-order chi connectivity index (χ1) is 14.8. The van der Waals surface area contributed by atoms with Crippen molar-refractivity contribution in [3.05, 3.63) is 45.8 Å². The molecule has 2 aliphatic heterocycles. The Bertz CT molecular complexity index is 1010. The number of rotatable bonds is 5. The Hall–Kier alpha value is -2.13. The Kier molecular flexibility index (Phi) is 6.25. The molecule has 2 aliphatic rings. The van der Waals surface area contributed by atoms with Crippen LogP contribution in [0.2, 0.25) is 10.0 Å². The van der Waals surface area contributed by atoms with Crippen molar-refractivity contribution in [1.82, 2.24) is 4.98 Å². The predicted octanol–water partition coefficient (Wildman–Crippen LogP) is 3.45. The fraction of sp³-hybridized carbons (Fsp3) is 0.429. The smallest absolute Gasteiger partial charge is 0.224 e. The average molecular weight is 470 g/mol. The lowest BCUT2D eigenvalue weighted by Crippen LogP contribution is -2.59. The van der Waals surface area contributed by atoms with Crippen molar-refractivity contribution >= 4 is 40.6 Å². The van der Waals surface area contributed by atoms with Crippen LogP contribution in [0.5, 0.6) is 5.75 Å². The van der Waals surface area contributed by atoms with Crippen molar-refractivity contribution in [2.75, 3.05) is 37.0 Å². The van der Waals surface area contributed by atoms with Crippen LogP contribution >= 0.6 is 23.2 Å². The van der Waals surface area contributed by atoms with E-state index in [1.54, 1.807) is 6.07 Å². The summed E-state index contributed by atoms with van der Waals surface area (Å²) in [4.78, 5) is 17.8. The molecule has 0 spiro atoms. The zero-order chi connectivity index (χ0) is 22.2. The minimum Gasteiger partial charge on any atom is -0.490 e. The normalized spacial score (nSPS) is 23.3. The summed E-state index contributed by atoms with van der Waals surface area (Å²) in [6.45, 7) is 0.779. The first-order valence-corrected chi connectivity index (χ1v) is 10.6. The lowest BCUT2D eigenvalue weighted by atomic mass is 9.89. The number of benzene rings is 1. The molecule has 2 atom stereocenters. The zero-order valence-electron chi connectivity index (χ0n) is 16.8. The number of amides is 1. The maximum absolute atomic E-state index is 14.1. The number of aromatic nitrogens is 1. The standard InChI is InChI=1S/C21H22Cl2FN3O4/c1-30-17-10-27(20-14(23)8-12(22)9-25-20)7-6-21(17,29)11-31-16-4-3-15(24)19-13(16)2-5-18(28)26-19/h3-4,8-9,17,29H,2,5-7,10-11H2,1H3,(H,26,28)/t17-,21+/m0/s1. The molecule has 7 nitrogen and oxygen atoms in total. The molecule has 31 heavy (non-hydrogen) atoms. The van der Waals surface area contributed by atoms with E-state index in [1.165, 1.54) is 25.4 Å². The molecule has 1 saturated heterocycles. The Labute approximate surface area is 189 Å². The van der Waals surface area contributed by atoms with Crippen molar-refractivity contribution in [1.29, 1.82) is 0 Å².